The maximum absolute atomic E-state index is 12.9. The molecular formula is C11H15FO2. The number of hydrogen-bond acceptors (Lipinski definition) is 2. The van der Waals surface area contributed by atoms with E-state index in [0.29, 0.717) is 18.8 Å². The molecule has 78 valence electrons. The van der Waals surface area contributed by atoms with Crippen LogP contribution >= 0.6 is 0 Å². The zero-order valence-electron chi connectivity index (χ0n) is 8.29. The normalized spacial score (nSPS) is 10.2. The molecule has 0 atom stereocenters. The zero-order valence-corrected chi connectivity index (χ0v) is 8.29. The highest BCUT2D eigenvalue weighted by Gasteiger charge is 2.04. The molecule has 0 radical (unpaired) electrons. The monoisotopic (exact) mass is 198 g/mol. The lowest BCUT2D eigenvalue weighted by atomic mass is 10.1. The van der Waals surface area contributed by atoms with E-state index in [2.05, 4.69) is 0 Å². The lowest BCUT2D eigenvalue weighted by Gasteiger charge is -2.09. The first-order valence-electron chi connectivity index (χ1n) is 4.80. The van der Waals surface area contributed by atoms with Crippen LogP contribution in [0.4, 0.5) is 4.39 Å². The van der Waals surface area contributed by atoms with E-state index in [9.17, 15) is 4.39 Å². The van der Waals surface area contributed by atoms with Crippen LogP contribution in [0.3, 0.4) is 0 Å². The van der Waals surface area contributed by atoms with E-state index in [1.807, 2.05) is 6.92 Å². The number of rotatable bonds is 5. The van der Waals surface area contributed by atoms with E-state index < -0.39 is 0 Å². The SMILES string of the molecule is CCCOc1ccc(F)cc1CCO. The van der Waals surface area contributed by atoms with Crippen LogP contribution < -0.4 is 4.74 Å². The van der Waals surface area contributed by atoms with E-state index in [4.69, 9.17) is 9.84 Å². The van der Waals surface area contributed by atoms with Gasteiger partial charge in [-0.3, -0.25) is 0 Å². The van der Waals surface area contributed by atoms with Crippen LogP contribution in [0.25, 0.3) is 0 Å². The Hall–Kier alpha value is -1.09. The third kappa shape index (κ3) is 3.00. The summed E-state index contributed by atoms with van der Waals surface area (Å²) in [6.07, 6.45) is 1.34. The number of halogens is 1. The second kappa shape index (κ2) is 5.60. The predicted molar refractivity (Wildman–Crippen MR) is 53.0 cm³/mol. The van der Waals surface area contributed by atoms with Crippen LogP contribution in [-0.2, 0) is 6.42 Å². The smallest absolute Gasteiger partial charge is 0.123 e. The van der Waals surface area contributed by atoms with Crippen molar-refractivity contribution in [2.75, 3.05) is 13.2 Å². The van der Waals surface area contributed by atoms with Crippen molar-refractivity contribution in [3.8, 4) is 5.75 Å². The highest BCUT2D eigenvalue weighted by atomic mass is 19.1. The Labute approximate surface area is 83.3 Å². The molecule has 0 saturated carbocycles. The Balaban J connectivity index is 2.78. The third-order valence-electron chi connectivity index (χ3n) is 1.87. The average molecular weight is 198 g/mol. The molecule has 0 aliphatic rings. The number of ether oxygens (including phenoxy) is 1. The molecule has 0 unspecified atom stereocenters. The second-order valence-electron chi connectivity index (χ2n) is 3.07. The van der Waals surface area contributed by atoms with Gasteiger partial charge >= 0.3 is 0 Å². The first-order chi connectivity index (χ1) is 6.77. The van der Waals surface area contributed by atoms with Crippen molar-refractivity contribution < 1.29 is 14.2 Å². The minimum Gasteiger partial charge on any atom is -0.493 e. The van der Waals surface area contributed by atoms with Crippen LogP contribution in [0.1, 0.15) is 18.9 Å². The highest BCUT2D eigenvalue weighted by Crippen LogP contribution is 2.20. The number of benzene rings is 1. The highest BCUT2D eigenvalue weighted by molar-refractivity contribution is 5.34. The van der Waals surface area contributed by atoms with Crippen molar-refractivity contribution in [1.82, 2.24) is 0 Å². The van der Waals surface area contributed by atoms with E-state index in [1.54, 1.807) is 6.07 Å². The molecule has 0 aliphatic heterocycles. The molecule has 1 rings (SSSR count). The first kappa shape index (κ1) is 11.0. The van der Waals surface area contributed by atoms with Gasteiger partial charge in [0, 0.05) is 6.61 Å². The van der Waals surface area contributed by atoms with E-state index >= 15 is 0 Å². The fraction of sp³-hybridized carbons (Fsp3) is 0.455. The van der Waals surface area contributed by atoms with Gasteiger partial charge in [0.2, 0.25) is 0 Å². The molecular weight excluding hydrogens is 183 g/mol. The maximum Gasteiger partial charge on any atom is 0.123 e. The molecule has 0 saturated heterocycles. The van der Waals surface area contributed by atoms with Crippen molar-refractivity contribution in [3.05, 3.63) is 29.6 Å². The summed E-state index contributed by atoms with van der Waals surface area (Å²) in [6.45, 7) is 2.63. The number of aliphatic hydroxyl groups excluding tert-OH is 1. The van der Waals surface area contributed by atoms with Crippen molar-refractivity contribution in [2.45, 2.75) is 19.8 Å². The van der Waals surface area contributed by atoms with Crippen molar-refractivity contribution in [3.63, 3.8) is 0 Å². The van der Waals surface area contributed by atoms with Crippen LogP contribution in [0.2, 0.25) is 0 Å². The lowest BCUT2D eigenvalue weighted by molar-refractivity contribution is 0.288. The molecule has 0 spiro atoms. The summed E-state index contributed by atoms with van der Waals surface area (Å²) >= 11 is 0. The molecule has 0 heterocycles. The van der Waals surface area contributed by atoms with E-state index in [0.717, 1.165) is 12.0 Å². The van der Waals surface area contributed by atoms with Gasteiger partial charge in [-0.2, -0.15) is 0 Å². The van der Waals surface area contributed by atoms with Gasteiger partial charge in [-0.15, -0.1) is 0 Å². The standard InChI is InChI=1S/C11H15FO2/c1-2-7-14-11-4-3-10(12)8-9(11)5-6-13/h3-4,8,13H,2,5-7H2,1H3. The van der Waals surface area contributed by atoms with Gasteiger partial charge in [0.1, 0.15) is 11.6 Å². The van der Waals surface area contributed by atoms with Gasteiger partial charge in [-0.05, 0) is 36.6 Å². The average Bonchev–Trinajstić information content (AvgIpc) is 2.17. The summed E-state index contributed by atoms with van der Waals surface area (Å²) in [5, 5.41) is 8.78. The molecule has 0 fully saturated rings. The van der Waals surface area contributed by atoms with Gasteiger partial charge in [0.25, 0.3) is 0 Å². The van der Waals surface area contributed by atoms with Crippen molar-refractivity contribution in [2.24, 2.45) is 0 Å². The Morgan fingerprint density at radius 1 is 1.43 bits per heavy atom. The van der Waals surface area contributed by atoms with Gasteiger partial charge < -0.3 is 9.84 Å². The first-order valence-corrected chi connectivity index (χ1v) is 4.80. The molecule has 14 heavy (non-hydrogen) atoms. The minimum absolute atomic E-state index is 0.00589. The molecule has 2 nitrogen and oxygen atoms in total. The van der Waals surface area contributed by atoms with Gasteiger partial charge in [0.05, 0.1) is 6.61 Å². The van der Waals surface area contributed by atoms with Crippen LogP contribution in [-0.4, -0.2) is 18.3 Å². The number of aliphatic hydroxyl groups is 1. The summed E-state index contributed by atoms with van der Waals surface area (Å²) in [5.74, 6) is 0.375. The summed E-state index contributed by atoms with van der Waals surface area (Å²) < 4.78 is 18.3. The van der Waals surface area contributed by atoms with Gasteiger partial charge in [0.15, 0.2) is 0 Å². The fourth-order valence-electron chi connectivity index (χ4n) is 1.22. The Bertz CT molecular complexity index is 287. The van der Waals surface area contributed by atoms with Crippen molar-refractivity contribution in [1.29, 1.82) is 0 Å². The molecule has 3 heteroatoms. The molecule has 0 aliphatic carbocycles. The van der Waals surface area contributed by atoms with Crippen LogP contribution in [0.15, 0.2) is 18.2 Å². The summed E-state index contributed by atoms with van der Waals surface area (Å²) in [6, 6.07) is 4.38. The topological polar surface area (TPSA) is 29.5 Å². The summed E-state index contributed by atoms with van der Waals surface area (Å²) in [7, 11) is 0. The summed E-state index contributed by atoms with van der Waals surface area (Å²) in [5.41, 5.74) is 0.723. The Kier molecular flexibility index (Phi) is 4.40. The second-order valence-corrected chi connectivity index (χ2v) is 3.07. The molecule has 1 aromatic rings. The van der Waals surface area contributed by atoms with Crippen molar-refractivity contribution >= 4 is 0 Å². The van der Waals surface area contributed by atoms with Gasteiger partial charge in [-0.1, -0.05) is 6.92 Å². The van der Waals surface area contributed by atoms with Gasteiger partial charge in [-0.25, -0.2) is 4.39 Å². The predicted octanol–water partition coefficient (Wildman–Crippen LogP) is 2.15. The van der Waals surface area contributed by atoms with Crippen LogP contribution in [0.5, 0.6) is 5.75 Å². The third-order valence-corrected chi connectivity index (χ3v) is 1.87. The van der Waals surface area contributed by atoms with Crippen LogP contribution in [0, 0.1) is 5.82 Å². The molecule has 1 N–H and O–H groups in total. The fourth-order valence-corrected chi connectivity index (χ4v) is 1.22. The van der Waals surface area contributed by atoms with E-state index in [-0.39, 0.29) is 12.4 Å². The molecule has 0 aromatic heterocycles. The largest absolute Gasteiger partial charge is 0.493 e. The van der Waals surface area contributed by atoms with E-state index in [1.165, 1.54) is 12.1 Å². The molecule has 0 amide bonds. The zero-order chi connectivity index (χ0) is 10.4. The quantitative estimate of drug-likeness (QED) is 0.785. The number of hydrogen-bond donors (Lipinski definition) is 1. The lowest BCUT2D eigenvalue weighted by Crippen LogP contribution is -2.01. The maximum atomic E-state index is 12.9. The summed E-state index contributed by atoms with van der Waals surface area (Å²) in [4.78, 5) is 0. The minimum atomic E-state index is -0.294. The Morgan fingerprint density at radius 3 is 2.86 bits per heavy atom. The Morgan fingerprint density at radius 2 is 2.21 bits per heavy atom. The molecule has 1 aromatic carbocycles. The molecule has 0 bridgehead atoms.